The molecule has 1 unspecified atom stereocenters. The fourth-order valence-electron chi connectivity index (χ4n) is 4.29. The first-order valence-electron chi connectivity index (χ1n) is 9.72. The molecule has 2 aliphatic rings. The Morgan fingerprint density at radius 2 is 1.60 bits per heavy atom. The van der Waals surface area contributed by atoms with Gasteiger partial charge in [-0.25, -0.2) is 0 Å². The zero-order valence-electron chi connectivity index (χ0n) is 16.0. The number of rotatable bonds is 4. The van der Waals surface area contributed by atoms with Crippen molar-refractivity contribution in [2.75, 3.05) is 0 Å². The third kappa shape index (κ3) is 3.30. The van der Waals surface area contributed by atoms with Crippen LogP contribution in [0, 0.1) is 10.1 Å². The van der Waals surface area contributed by atoms with E-state index in [2.05, 4.69) is 0 Å². The van der Waals surface area contributed by atoms with Gasteiger partial charge in [0.05, 0.1) is 16.5 Å². The summed E-state index contributed by atoms with van der Waals surface area (Å²) in [6.45, 7) is 0. The number of hydrogen-bond donors (Lipinski definition) is 2. The van der Waals surface area contributed by atoms with Crippen LogP contribution < -0.4 is 0 Å². The number of phenols is 1. The van der Waals surface area contributed by atoms with Crippen molar-refractivity contribution in [2.45, 2.75) is 37.8 Å². The van der Waals surface area contributed by atoms with Crippen LogP contribution in [0.3, 0.4) is 0 Å². The van der Waals surface area contributed by atoms with E-state index in [1.165, 1.54) is 36.4 Å². The van der Waals surface area contributed by atoms with E-state index in [1.54, 1.807) is 17.0 Å². The highest BCUT2D eigenvalue weighted by atomic mass is 16.6. The summed E-state index contributed by atoms with van der Waals surface area (Å²) in [5.41, 5.74) is 0.621. The molecule has 0 radical (unpaired) electrons. The predicted octanol–water partition coefficient (Wildman–Crippen LogP) is 3.66. The third-order valence-electron chi connectivity index (χ3n) is 5.76. The number of Topliss-reactive ketones (excluding diaryl/α,β-unsaturated/α-hetero) is 1. The topological polar surface area (TPSA) is 121 Å². The number of nitro groups is 1. The van der Waals surface area contributed by atoms with Crippen molar-refractivity contribution < 1.29 is 24.7 Å². The summed E-state index contributed by atoms with van der Waals surface area (Å²) < 4.78 is 0. The molecule has 1 heterocycles. The minimum atomic E-state index is -0.788. The van der Waals surface area contributed by atoms with Crippen LogP contribution in [0.1, 0.15) is 42.9 Å². The van der Waals surface area contributed by atoms with E-state index < -0.39 is 22.7 Å². The maximum atomic E-state index is 12.9. The fraction of sp³-hybridized carbons (Fsp3) is 0.273. The second-order valence-electron chi connectivity index (χ2n) is 7.54. The van der Waals surface area contributed by atoms with Gasteiger partial charge < -0.3 is 15.1 Å². The molecule has 8 nitrogen and oxygen atoms in total. The predicted molar refractivity (Wildman–Crippen MR) is 108 cm³/mol. The number of phenolic OH excluding ortho intramolecular Hbond substituents is 1. The first-order valence-corrected chi connectivity index (χ1v) is 9.72. The number of benzene rings is 2. The molecular formula is C22H20N2O6. The molecule has 1 aliphatic carbocycles. The number of nitrogens with zero attached hydrogens (tertiary/aromatic N) is 2. The zero-order chi connectivity index (χ0) is 21.4. The van der Waals surface area contributed by atoms with E-state index in [0.717, 1.165) is 25.7 Å². The highest BCUT2D eigenvalue weighted by Crippen LogP contribution is 2.43. The molecule has 8 heteroatoms. The lowest BCUT2D eigenvalue weighted by Gasteiger charge is -2.30. The minimum absolute atomic E-state index is 0.0481. The molecule has 2 N–H and O–H groups in total. The SMILES string of the molecule is O=C1C(=O)N(C2CCCC2)C(c2ccc(O)cc2)/C1=C(/O)c1ccc([N+](=O)[O-])cc1. The van der Waals surface area contributed by atoms with E-state index in [1.807, 2.05) is 0 Å². The number of nitro benzene ring substituents is 1. The number of ketones is 1. The molecule has 4 rings (SSSR count). The van der Waals surface area contributed by atoms with Crippen molar-refractivity contribution in [3.05, 3.63) is 75.3 Å². The van der Waals surface area contributed by atoms with Crippen molar-refractivity contribution in [3.63, 3.8) is 0 Å². The van der Waals surface area contributed by atoms with Crippen LogP contribution in [0.15, 0.2) is 54.1 Å². The molecule has 0 aromatic heterocycles. The van der Waals surface area contributed by atoms with Crippen LogP contribution in [0.5, 0.6) is 5.75 Å². The van der Waals surface area contributed by atoms with E-state index in [9.17, 15) is 29.9 Å². The van der Waals surface area contributed by atoms with Gasteiger partial charge in [0.15, 0.2) is 0 Å². The van der Waals surface area contributed by atoms with Crippen LogP contribution >= 0.6 is 0 Å². The van der Waals surface area contributed by atoms with Crippen LogP contribution in [-0.4, -0.2) is 37.8 Å². The Bertz CT molecular complexity index is 1040. The smallest absolute Gasteiger partial charge is 0.295 e. The Morgan fingerprint density at radius 3 is 2.17 bits per heavy atom. The van der Waals surface area contributed by atoms with Gasteiger partial charge in [0.1, 0.15) is 11.5 Å². The molecule has 0 bridgehead atoms. The number of aliphatic hydroxyl groups is 1. The van der Waals surface area contributed by atoms with Gasteiger partial charge in [-0.2, -0.15) is 0 Å². The quantitative estimate of drug-likeness (QED) is 0.262. The van der Waals surface area contributed by atoms with Crippen LogP contribution in [-0.2, 0) is 9.59 Å². The Morgan fingerprint density at radius 1 is 1.00 bits per heavy atom. The molecule has 1 amide bonds. The highest BCUT2D eigenvalue weighted by molar-refractivity contribution is 6.46. The lowest BCUT2D eigenvalue weighted by Crippen LogP contribution is -2.37. The van der Waals surface area contributed by atoms with Crippen LogP contribution in [0.2, 0.25) is 0 Å². The van der Waals surface area contributed by atoms with E-state index in [4.69, 9.17) is 0 Å². The molecule has 30 heavy (non-hydrogen) atoms. The number of carbonyl (C=O) groups is 2. The summed E-state index contributed by atoms with van der Waals surface area (Å²) in [5.74, 6) is -1.77. The van der Waals surface area contributed by atoms with Gasteiger partial charge in [0.25, 0.3) is 17.4 Å². The van der Waals surface area contributed by atoms with E-state index in [0.29, 0.717) is 5.56 Å². The number of hydrogen-bond acceptors (Lipinski definition) is 6. The molecule has 2 aromatic carbocycles. The first-order chi connectivity index (χ1) is 14.4. The minimum Gasteiger partial charge on any atom is -0.508 e. The van der Waals surface area contributed by atoms with E-state index >= 15 is 0 Å². The Balaban J connectivity index is 1.85. The Labute approximate surface area is 172 Å². The fourth-order valence-corrected chi connectivity index (χ4v) is 4.29. The first kappa shape index (κ1) is 19.6. The summed E-state index contributed by atoms with van der Waals surface area (Å²) in [6.07, 6.45) is 3.47. The Hall–Kier alpha value is -3.68. The maximum absolute atomic E-state index is 12.9. The van der Waals surface area contributed by atoms with E-state index in [-0.39, 0.29) is 34.4 Å². The number of aliphatic hydroxyl groups excluding tert-OH is 1. The average Bonchev–Trinajstić information content (AvgIpc) is 3.35. The highest BCUT2D eigenvalue weighted by Gasteiger charge is 2.49. The molecule has 2 aromatic rings. The molecule has 1 saturated heterocycles. The lowest BCUT2D eigenvalue weighted by molar-refractivity contribution is -0.384. The number of carbonyl (C=O) groups excluding carboxylic acids is 2. The normalized spacial score (nSPS) is 21.3. The summed E-state index contributed by atoms with van der Waals surface area (Å²) in [4.78, 5) is 37.7. The second-order valence-corrected chi connectivity index (χ2v) is 7.54. The third-order valence-corrected chi connectivity index (χ3v) is 5.76. The second kappa shape index (κ2) is 7.62. The van der Waals surface area contributed by atoms with Gasteiger partial charge in [-0.15, -0.1) is 0 Å². The summed E-state index contributed by atoms with van der Waals surface area (Å²) in [5, 5.41) is 31.5. The van der Waals surface area contributed by atoms with Gasteiger partial charge in [-0.1, -0.05) is 25.0 Å². The van der Waals surface area contributed by atoms with Gasteiger partial charge in [0, 0.05) is 23.7 Å². The van der Waals surface area contributed by atoms with Crippen LogP contribution in [0.4, 0.5) is 5.69 Å². The Kier molecular flexibility index (Phi) is 4.99. The van der Waals surface area contributed by atoms with Gasteiger partial charge in [-0.3, -0.25) is 19.7 Å². The van der Waals surface area contributed by atoms with Crippen molar-refractivity contribution in [1.29, 1.82) is 0 Å². The van der Waals surface area contributed by atoms with Gasteiger partial charge >= 0.3 is 0 Å². The number of aromatic hydroxyl groups is 1. The molecular weight excluding hydrogens is 388 g/mol. The maximum Gasteiger partial charge on any atom is 0.295 e. The van der Waals surface area contributed by atoms with Gasteiger partial charge in [-0.05, 0) is 42.7 Å². The lowest BCUT2D eigenvalue weighted by atomic mass is 9.94. The van der Waals surface area contributed by atoms with Crippen molar-refractivity contribution in [1.82, 2.24) is 4.90 Å². The molecule has 1 atom stereocenters. The standard InChI is InChI=1S/C22H20N2O6/c25-17-11-7-13(8-12-17)19-18(20(26)14-5-9-16(10-6-14)24(29)30)21(27)22(28)23(19)15-3-1-2-4-15/h5-12,15,19,25-26H,1-4H2/b20-18-. The van der Waals surface area contributed by atoms with Crippen molar-refractivity contribution in [3.8, 4) is 5.75 Å². The monoisotopic (exact) mass is 408 g/mol. The largest absolute Gasteiger partial charge is 0.508 e. The molecule has 2 fully saturated rings. The molecule has 154 valence electrons. The summed E-state index contributed by atoms with van der Waals surface area (Å²) >= 11 is 0. The summed E-state index contributed by atoms with van der Waals surface area (Å²) in [6, 6.07) is 10.5. The van der Waals surface area contributed by atoms with Gasteiger partial charge in [0.2, 0.25) is 0 Å². The number of amides is 1. The molecule has 1 aliphatic heterocycles. The van der Waals surface area contributed by atoms with Crippen molar-refractivity contribution in [2.24, 2.45) is 0 Å². The summed E-state index contributed by atoms with van der Waals surface area (Å²) in [7, 11) is 0. The average molecular weight is 408 g/mol. The molecule has 1 saturated carbocycles. The van der Waals surface area contributed by atoms with Crippen LogP contribution in [0.25, 0.3) is 5.76 Å². The molecule has 0 spiro atoms. The van der Waals surface area contributed by atoms with Crippen molar-refractivity contribution >= 4 is 23.1 Å². The number of likely N-dealkylation sites (tertiary alicyclic amines) is 1. The zero-order valence-corrected chi connectivity index (χ0v) is 16.0. The number of non-ortho nitro benzene ring substituents is 1.